The quantitative estimate of drug-likeness (QED) is 0.440. The molecule has 200 valence electrons. The molecule has 0 amide bonds. The van der Waals surface area contributed by atoms with E-state index in [-0.39, 0.29) is 11.9 Å². The Morgan fingerprint density at radius 1 is 1.24 bits per heavy atom. The van der Waals surface area contributed by atoms with Crippen LogP contribution in [0.3, 0.4) is 0 Å². The fraction of sp³-hybridized carbons (Fsp3) is 0.586. The van der Waals surface area contributed by atoms with E-state index in [9.17, 15) is 4.79 Å². The molecule has 0 saturated carbocycles. The Morgan fingerprint density at radius 3 is 2.95 bits per heavy atom. The van der Waals surface area contributed by atoms with Crippen LogP contribution in [0.15, 0.2) is 34.8 Å². The molecule has 0 bridgehead atoms. The highest BCUT2D eigenvalue weighted by Crippen LogP contribution is 2.32. The number of benzene rings is 1. The Hall–Kier alpha value is -2.16. The van der Waals surface area contributed by atoms with Crippen molar-refractivity contribution in [3.63, 3.8) is 0 Å². The van der Waals surface area contributed by atoms with Gasteiger partial charge in [-0.3, -0.25) is 4.79 Å². The average Bonchev–Trinajstić information content (AvgIpc) is 3.38. The summed E-state index contributed by atoms with van der Waals surface area (Å²) in [5.41, 5.74) is 4.92. The van der Waals surface area contributed by atoms with E-state index in [1.165, 1.54) is 42.5 Å². The molecule has 3 aliphatic rings. The van der Waals surface area contributed by atoms with E-state index < -0.39 is 0 Å². The number of ether oxygens (including phenoxy) is 2. The summed E-state index contributed by atoms with van der Waals surface area (Å²) in [6.45, 7) is 7.32. The zero-order chi connectivity index (χ0) is 25.6. The van der Waals surface area contributed by atoms with Crippen LogP contribution < -0.4 is 10.2 Å². The van der Waals surface area contributed by atoms with Crippen LogP contribution in [0.25, 0.3) is 0 Å². The smallest absolute Gasteiger partial charge is 0.306 e. The molecule has 1 aromatic carbocycles. The van der Waals surface area contributed by atoms with Gasteiger partial charge in [0.15, 0.2) is 0 Å². The van der Waals surface area contributed by atoms with Gasteiger partial charge in [-0.15, -0.1) is 0 Å². The van der Waals surface area contributed by atoms with Crippen LogP contribution in [-0.4, -0.2) is 75.4 Å². The van der Waals surface area contributed by atoms with E-state index >= 15 is 0 Å². The first-order chi connectivity index (χ1) is 18.1. The van der Waals surface area contributed by atoms with Crippen molar-refractivity contribution in [2.45, 2.75) is 44.4 Å². The first-order valence-electron chi connectivity index (χ1n) is 13.7. The first-order valence-corrected chi connectivity index (χ1v) is 14.5. The van der Waals surface area contributed by atoms with E-state index in [1.54, 1.807) is 0 Å². The lowest BCUT2D eigenvalue weighted by Gasteiger charge is -2.30. The number of carbonyl (C=O) groups is 1. The zero-order valence-electron chi connectivity index (χ0n) is 21.9. The molecule has 2 fully saturated rings. The lowest BCUT2D eigenvalue weighted by molar-refractivity contribution is -0.141. The van der Waals surface area contributed by atoms with E-state index in [4.69, 9.17) is 14.5 Å². The number of rotatable bonds is 9. The summed E-state index contributed by atoms with van der Waals surface area (Å²) in [6, 6.07) is 11.1. The van der Waals surface area contributed by atoms with Crippen LogP contribution in [0, 0.1) is 5.92 Å². The van der Waals surface area contributed by atoms with Crippen molar-refractivity contribution in [2.24, 2.45) is 5.92 Å². The minimum atomic E-state index is -0.152. The van der Waals surface area contributed by atoms with Gasteiger partial charge >= 0.3 is 5.97 Å². The number of esters is 1. The van der Waals surface area contributed by atoms with Gasteiger partial charge in [-0.1, -0.05) is 22.0 Å². The van der Waals surface area contributed by atoms with Gasteiger partial charge in [-0.25, -0.2) is 4.98 Å². The number of nitrogens with one attached hydrogen (secondary N) is 1. The number of halogens is 1. The minimum Gasteiger partial charge on any atom is -0.469 e. The Labute approximate surface area is 229 Å². The molecule has 0 aliphatic carbocycles. The van der Waals surface area contributed by atoms with Crippen molar-refractivity contribution in [3.05, 3.63) is 51.6 Å². The van der Waals surface area contributed by atoms with Crippen LogP contribution in [-0.2, 0) is 27.1 Å². The van der Waals surface area contributed by atoms with E-state index in [2.05, 4.69) is 61.4 Å². The molecule has 1 aromatic heterocycles. The van der Waals surface area contributed by atoms with Gasteiger partial charge < -0.3 is 24.6 Å². The summed E-state index contributed by atoms with van der Waals surface area (Å²) in [6.07, 6.45) is 6.09. The Morgan fingerprint density at radius 2 is 2.11 bits per heavy atom. The Kier molecular flexibility index (Phi) is 9.00. The number of fused-ring (bicyclic) bond motifs is 1. The van der Waals surface area contributed by atoms with Crippen molar-refractivity contribution in [1.29, 1.82) is 0 Å². The summed E-state index contributed by atoms with van der Waals surface area (Å²) >= 11 is 3.72. The number of methoxy groups -OCH3 is 1. The Bertz CT molecular complexity index is 1080. The van der Waals surface area contributed by atoms with Crippen molar-refractivity contribution in [3.8, 4) is 0 Å². The number of hydrogen-bond donors (Lipinski definition) is 1. The van der Waals surface area contributed by atoms with Crippen molar-refractivity contribution < 1.29 is 14.3 Å². The minimum absolute atomic E-state index is 0.0943. The van der Waals surface area contributed by atoms with E-state index in [0.717, 1.165) is 82.0 Å². The molecule has 0 spiro atoms. The molecule has 2 atom stereocenters. The number of likely N-dealkylation sites (tertiary alicyclic amines) is 1. The summed E-state index contributed by atoms with van der Waals surface area (Å²) in [5.74, 6) is 1.70. The van der Waals surface area contributed by atoms with Gasteiger partial charge in [0.25, 0.3) is 0 Å². The molecule has 0 radical (unpaired) electrons. The first kappa shape index (κ1) is 26.4. The largest absolute Gasteiger partial charge is 0.469 e. The van der Waals surface area contributed by atoms with Gasteiger partial charge in [0.05, 0.1) is 26.7 Å². The molecule has 1 N–H and O–H groups in total. The second-order valence-electron chi connectivity index (χ2n) is 10.6. The molecular weight excluding hydrogens is 532 g/mol. The average molecular weight is 572 g/mol. The highest BCUT2D eigenvalue weighted by molar-refractivity contribution is 9.10. The SMILES string of the molecule is COC(=O)C[C@H](CN1CC[C@@H](CCc2ccc3c(n2)NCCC3)C1)c1cc(Br)cc(N2CCOCC2)c1. The van der Waals surface area contributed by atoms with E-state index in [0.29, 0.717) is 12.3 Å². The maximum absolute atomic E-state index is 12.4. The number of morpholine rings is 1. The molecule has 37 heavy (non-hydrogen) atoms. The zero-order valence-corrected chi connectivity index (χ0v) is 23.5. The normalized spacial score (nSPS) is 20.8. The van der Waals surface area contributed by atoms with Gasteiger partial charge in [0, 0.05) is 54.5 Å². The predicted molar refractivity (Wildman–Crippen MR) is 150 cm³/mol. The molecule has 4 heterocycles. The predicted octanol–water partition coefficient (Wildman–Crippen LogP) is 4.64. The van der Waals surface area contributed by atoms with Crippen LogP contribution in [0.2, 0.25) is 0 Å². The number of pyridine rings is 1. The third-order valence-corrected chi connectivity index (χ3v) is 8.46. The standard InChI is InChI=1S/C29H39BrN4O3/c1-36-28(35)17-24(23-15-25(30)18-27(16-23)34-11-13-37-14-12-34)20-33-10-8-21(19-33)4-6-26-7-5-22-3-2-9-31-29(22)32-26/h5,7,15-16,18,21,24H,2-4,6,8-14,17,19-20H2,1H3,(H,31,32)/t21-,24-/m1/s1. The van der Waals surface area contributed by atoms with Crippen molar-refractivity contribution in [2.75, 3.05) is 69.8 Å². The molecule has 3 aliphatic heterocycles. The van der Waals surface area contributed by atoms with E-state index in [1.807, 2.05) is 0 Å². The third-order valence-electron chi connectivity index (χ3n) is 8.00. The fourth-order valence-corrected chi connectivity index (χ4v) is 6.39. The molecule has 7 nitrogen and oxygen atoms in total. The fourth-order valence-electron chi connectivity index (χ4n) is 5.89. The van der Waals surface area contributed by atoms with Crippen LogP contribution >= 0.6 is 15.9 Å². The lowest BCUT2D eigenvalue weighted by Crippen LogP contribution is -2.36. The number of hydrogen-bond acceptors (Lipinski definition) is 7. The van der Waals surface area contributed by atoms with Crippen LogP contribution in [0.5, 0.6) is 0 Å². The third kappa shape index (κ3) is 7.03. The monoisotopic (exact) mass is 570 g/mol. The molecule has 8 heteroatoms. The summed E-state index contributed by atoms with van der Waals surface area (Å²) in [7, 11) is 1.48. The molecule has 2 aromatic rings. The topological polar surface area (TPSA) is 66.9 Å². The number of nitrogens with zero attached hydrogens (tertiary/aromatic N) is 3. The van der Waals surface area contributed by atoms with Gasteiger partial charge in [0.1, 0.15) is 5.82 Å². The highest BCUT2D eigenvalue weighted by Gasteiger charge is 2.27. The summed E-state index contributed by atoms with van der Waals surface area (Å²) < 4.78 is 11.7. The van der Waals surface area contributed by atoms with Crippen LogP contribution in [0.4, 0.5) is 11.5 Å². The molecule has 0 unspecified atom stereocenters. The molecular formula is C29H39BrN4O3. The number of aromatic nitrogens is 1. The molecule has 5 rings (SSSR count). The van der Waals surface area contributed by atoms with Crippen molar-refractivity contribution >= 4 is 33.4 Å². The number of anilines is 2. The summed E-state index contributed by atoms with van der Waals surface area (Å²) in [5, 5.41) is 3.45. The summed E-state index contributed by atoms with van der Waals surface area (Å²) in [4.78, 5) is 22.2. The maximum Gasteiger partial charge on any atom is 0.306 e. The van der Waals surface area contributed by atoms with Crippen molar-refractivity contribution in [1.82, 2.24) is 9.88 Å². The van der Waals surface area contributed by atoms with Crippen LogP contribution in [0.1, 0.15) is 48.4 Å². The maximum atomic E-state index is 12.4. The number of aryl methyl sites for hydroxylation is 2. The molecule has 2 saturated heterocycles. The lowest BCUT2D eigenvalue weighted by atomic mass is 9.94. The van der Waals surface area contributed by atoms with Gasteiger partial charge in [-0.05, 0) is 80.0 Å². The van der Waals surface area contributed by atoms with Gasteiger partial charge in [-0.2, -0.15) is 0 Å². The van der Waals surface area contributed by atoms with Gasteiger partial charge in [0.2, 0.25) is 0 Å². The Balaban J connectivity index is 1.21. The highest BCUT2D eigenvalue weighted by atomic mass is 79.9. The number of carbonyl (C=O) groups excluding carboxylic acids is 1. The second kappa shape index (κ2) is 12.6. The second-order valence-corrected chi connectivity index (χ2v) is 11.5.